The summed E-state index contributed by atoms with van der Waals surface area (Å²) < 4.78 is 0. The van der Waals surface area contributed by atoms with E-state index in [1.165, 1.54) is 12.0 Å². The van der Waals surface area contributed by atoms with Crippen LogP contribution in [-0.4, -0.2) is 66.0 Å². The highest BCUT2D eigenvalue weighted by atomic mass is 35.5. The van der Waals surface area contributed by atoms with Crippen molar-refractivity contribution in [3.05, 3.63) is 34.9 Å². The highest BCUT2D eigenvalue weighted by Crippen LogP contribution is 2.22. The Balaban J connectivity index is 0.00000300. The van der Waals surface area contributed by atoms with Crippen molar-refractivity contribution in [1.82, 2.24) is 14.7 Å². The van der Waals surface area contributed by atoms with Gasteiger partial charge in [-0.25, -0.2) is 4.79 Å². The van der Waals surface area contributed by atoms with Crippen molar-refractivity contribution in [2.45, 2.75) is 58.4 Å². The Morgan fingerprint density at radius 2 is 1.79 bits per heavy atom. The van der Waals surface area contributed by atoms with E-state index in [2.05, 4.69) is 40.7 Å². The second kappa shape index (κ2) is 12.0. The summed E-state index contributed by atoms with van der Waals surface area (Å²) in [4.78, 5) is 19.5. The van der Waals surface area contributed by atoms with Gasteiger partial charge >= 0.3 is 6.03 Å². The normalized spacial score (nSPS) is 19.2. The molecule has 1 aromatic carbocycles. The summed E-state index contributed by atoms with van der Waals surface area (Å²) in [5, 5.41) is 0.818. The van der Waals surface area contributed by atoms with Crippen LogP contribution in [0.25, 0.3) is 0 Å². The van der Waals surface area contributed by atoms with Crippen LogP contribution in [0.2, 0.25) is 5.02 Å². The van der Waals surface area contributed by atoms with E-state index in [9.17, 15) is 4.79 Å². The average molecular weight is 442 g/mol. The third-order valence-corrected chi connectivity index (χ3v) is 6.69. The molecule has 0 spiro atoms. The zero-order chi connectivity index (χ0) is 19.9. The number of rotatable bonds is 6. The molecule has 2 aliphatic rings. The van der Waals surface area contributed by atoms with Gasteiger partial charge in [-0.3, -0.25) is 0 Å². The van der Waals surface area contributed by atoms with E-state index in [1.807, 2.05) is 12.1 Å². The number of halogens is 2. The maximum atomic E-state index is 12.7. The first kappa shape index (κ1) is 24.3. The smallest absolute Gasteiger partial charge is 0.319 e. The Hall–Kier alpha value is -0.970. The summed E-state index contributed by atoms with van der Waals surface area (Å²) in [5.41, 5.74) is 1.31. The molecule has 164 valence electrons. The highest BCUT2D eigenvalue weighted by Gasteiger charge is 2.28. The van der Waals surface area contributed by atoms with E-state index in [0.717, 1.165) is 76.4 Å². The summed E-state index contributed by atoms with van der Waals surface area (Å²) in [5.74, 6) is 0.687. The lowest BCUT2D eigenvalue weighted by Gasteiger charge is -2.39. The quantitative estimate of drug-likeness (QED) is 0.595. The number of hydrogen-bond donors (Lipinski definition) is 0. The van der Waals surface area contributed by atoms with Gasteiger partial charge in [0.05, 0.1) is 0 Å². The summed E-state index contributed by atoms with van der Waals surface area (Å²) in [7, 11) is 0. The van der Waals surface area contributed by atoms with Gasteiger partial charge in [0.1, 0.15) is 0 Å². The van der Waals surface area contributed by atoms with E-state index < -0.39 is 0 Å². The molecule has 2 saturated heterocycles. The number of urea groups is 1. The minimum absolute atomic E-state index is 0. The molecule has 2 amide bonds. The SMILES string of the molecule is CCN(CC1CCN(C(=O)N2CCCCC2)CC1)C(C)Cc1cccc(Cl)c1.Cl. The van der Waals surface area contributed by atoms with Crippen LogP contribution >= 0.6 is 24.0 Å². The van der Waals surface area contributed by atoms with Gasteiger partial charge in [0, 0.05) is 43.8 Å². The van der Waals surface area contributed by atoms with Gasteiger partial charge in [-0.1, -0.05) is 30.7 Å². The summed E-state index contributed by atoms with van der Waals surface area (Å²) in [6, 6.07) is 9.00. The van der Waals surface area contributed by atoms with E-state index in [0.29, 0.717) is 12.0 Å². The molecule has 0 N–H and O–H groups in total. The molecule has 6 heteroatoms. The maximum Gasteiger partial charge on any atom is 0.319 e. The Kier molecular flexibility index (Phi) is 10.1. The van der Waals surface area contributed by atoms with E-state index in [4.69, 9.17) is 11.6 Å². The van der Waals surface area contributed by atoms with Gasteiger partial charge in [-0.2, -0.15) is 0 Å². The first-order valence-corrected chi connectivity index (χ1v) is 11.5. The summed E-state index contributed by atoms with van der Waals surface area (Å²) in [6.07, 6.45) is 6.88. The number of carbonyl (C=O) groups is 1. The van der Waals surface area contributed by atoms with Crippen LogP contribution in [0.1, 0.15) is 51.5 Å². The van der Waals surface area contributed by atoms with Crippen molar-refractivity contribution in [2.24, 2.45) is 5.92 Å². The van der Waals surface area contributed by atoms with E-state index in [1.54, 1.807) is 0 Å². The number of likely N-dealkylation sites (N-methyl/N-ethyl adjacent to an activating group) is 1. The lowest BCUT2D eigenvalue weighted by Crippen LogP contribution is -2.49. The van der Waals surface area contributed by atoms with Crippen molar-refractivity contribution in [3.8, 4) is 0 Å². The first-order chi connectivity index (χ1) is 13.6. The zero-order valence-electron chi connectivity index (χ0n) is 18.0. The molecule has 3 rings (SSSR count). The fourth-order valence-corrected chi connectivity index (χ4v) is 4.89. The van der Waals surface area contributed by atoms with Crippen molar-refractivity contribution in [2.75, 3.05) is 39.3 Å². The van der Waals surface area contributed by atoms with E-state index >= 15 is 0 Å². The van der Waals surface area contributed by atoms with Crippen molar-refractivity contribution in [3.63, 3.8) is 0 Å². The number of nitrogens with zero attached hydrogens (tertiary/aromatic N) is 3. The lowest BCUT2D eigenvalue weighted by molar-refractivity contribution is 0.108. The highest BCUT2D eigenvalue weighted by molar-refractivity contribution is 6.30. The standard InChI is InChI=1S/C23H36ClN3O.ClH/c1-3-25(19(2)16-21-8-7-9-22(24)17-21)18-20-10-14-27(15-11-20)23(28)26-12-5-4-6-13-26;/h7-9,17,19-20H,3-6,10-16,18H2,1-2H3;1H. The monoisotopic (exact) mass is 441 g/mol. The summed E-state index contributed by atoms with van der Waals surface area (Å²) in [6.45, 7) is 10.5. The largest absolute Gasteiger partial charge is 0.325 e. The number of piperidine rings is 2. The molecule has 2 aliphatic heterocycles. The lowest BCUT2D eigenvalue weighted by atomic mass is 9.95. The third kappa shape index (κ3) is 7.04. The molecule has 1 atom stereocenters. The predicted octanol–water partition coefficient (Wildman–Crippen LogP) is 5.33. The van der Waals surface area contributed by atoms with Gasteiger partial charge in [0.2, 0.25) is 0 Å². The molecular weight excluding hydrogens is 405 g/mol. The van der Waals surface area contributed by atoms with Crippen molar-refractivity contribution >= 4 is 30.0 Å². The Morgan fingerprint density at radius 1 is 1.14 bits per heavy atom. The molecule has 2 heterocycles. The maximum absolute atomic E-state index is 12.7. The molecule has 4 nitrogen and oxygen atoms in total. The minimum atomic E-state index is 0. The summed E-state index contributed by atoms with van der Waals surface area (Å²) >= 11 is 6.14. The second-order valence-corrected chi connectivity index (χ2v) is 8.97. The fourth-order valence-electron chi connectivity index (χ4n) is 4.68. The van der Waals surface area contributed by atoms with Gasteiger partial charge < -0.3 is 14.7 Å². The van der Waals surface area contributed by atoms with Crippen LogP contribution in [0.5, 0.6) is 0 Å². The molecule has 0 saturated carbocycles. The van der Waals surface area contributed by atoms with Crippen LogP contribution in [0.15, 0.2) is 24.3 Å². The molecule has 1 unspecified atom stereocenters. The average Bonchev–Trinajstić information content (AvgIpc) is 2.72. The molecular formula is C23H37Cl2N3O. The van der Waals surface area contributed by atoms with Crippen LogP contribution in [0, 0.1) is 5.92 Å². The third-order valence-electron chi connectivity index (χ3n) is 6.45. The van der Waals surface area contributed by atoms with Crippen LogP contribution in [-0.2, 0) is 6.42 Å². The second-order valence-electron chi connectivity index (χ2n) is 8.53. The fraction of sp³-hybridized carbons (Fsp3) is 0.696. The number of likely N-dealkylation sites (tertiary alicyclic amines) is 2. The topological polar surface area (TPSA) is 26.8 Å². The Morgan fingerprint density at radius 3 is 2.41 bits per heavy atom. The number of benzene rings is 1. The zero-order valence-corrected chi connectivity index (χ0v) is 19.6. The first-order valence-electron chi connectivity index (χ1n) is 11.1. The number of amides is 2. The van der Waals surface area contributed by atoms with Gasteiger partial charge in [-0.05, 0) is 75.6 Å². The van der Waals surface area contributed by atoms with E-state index in [-0.39, 0.29) is 18.4 Å². The molecule has 2 fully saturated rings. The van der Waals surface area contributed by atoms with Crippen LogP contribution in [0.3, 0.4) is 0 Å². The minimum Gasteiger partial charge on any atom is -0.325 e. The molecule has 0 bridgehead atoms. The van der Waals surface area contributed by atoms with Crippen LogP contribution in [0.4, 0.5) is 4.79 Å². The predicted molar refractivity (Wildman–Crippen MR) is 124 cm³/mol. The van der Waals surface area contributed by atoms with Gasteiger partial charge in [0.25, 0.3) is 0 Å². The van der Waals surface area contributed by atoms with Crippen molar-refractivity contribution in [1.29, 1.82) is 0 Å². The Bertz CT molecular complexity index is 628. The molecule has 1 aromatic rings. The Labute approximate surface area is 188 Å². The van der Waals surface area contributed by atoms with Crippen molar-refractivity contribution < 1.29 is 4.79 Å². The van der Waals surface area contributed by atoms with Gasteiger partial charge in [0.15, 0.2) is 0 Å². The molecule has 29 heavy (non-hydrogen) atoms. The van der Waals surface area contributed by atoms with Crippen LogP contribution < -0.4 is 0 Å². The molecule has 0 aliphatic carbocycles. The molecule has 0 radical (unpaired) electrons. The number of hydrogen-bond acceptors (Lipinski definition) is 2. The number of carbonyl (C=O) groups excluding carboxylic acids is 1. The molecule has 0 aromatic heterocycles. The van der Waals surface area contributed by atoms with Gasteiger partial charge in [-0.15, -0.1) is 12.4 Å².